The molecule has 0 spiro atoms. The van der Waals surface area contributed by atoms with Crippen molar-refractivity contribution in [2.24, 2.45) is 11.8 Å². The number of ether oxygens (including phenoxy) is 2. The average Bonchev–Trinajstić information content (AvgIpc) is 2.44. The minimum Gasteiger partial charge on any atom is -0.378 e. The van der Waals surface area contributed by atoms with Crippen LogP contribution in [0, 0.1) is 11.8 Å². The Bertz CT molecular complexity index is 303. The average molecular weight is 294 g/mol. The summed E-state index contributed by atoms with van der Waals surface area (Å²) in [5, 5.41) is 0. The maximum absolute atomic E-state index is 14.3. The highest BCUT2D eigenvalue weighted by Gasteiger charge is 2.46. The monoisotopic (exact) mass is 294 g/mol. The molecule has 0 heterocycles. The molecule has 5 heteroatoms. The van der Waals surface area contributed by atoms with Gasteiger partial charge in [-0.1, -0.05) is 0 Å². The molecule has 0 N–H and O–H groups in total. The largest absolute Gasteiger partial charge is 0.378 e. The third-order valence-electron chi connectivity index (χ3n) is 4.90. The van der Waals surface area contributed by atoms with Crippen LogP contribution in [0.5, 0.6) is 0 Å². The first-order chi connectivity index (χ1) is 9.58. The minimum atomic E-state index is -1.58. The number of halogens is 3. The summed E-state index contributed by atoms with van der Waals surface area (Å²) in [6.07, 6.45) is -2.48. The maximum Gasteiger partial charge on any atom is 0.157 e. The Hall–Kier alpha value is -0.290. The Labute approximate surface area is 119 Å². The fourth-order valence-corrected chi connectivity index (χ4v) is 3.77. The van der Waals surface area contributed by atoms with E-state index in [9.17, 15) is 13.2 Å². The minimum absolute atomic E-state index is 0.0766. The summed E-state index contributed by atoms with van der Waals surface area (Å²) in [4.78, 5) is 0. The first-order valence-corrected chi connectivity index (χ1v) is 7.65. The molecular formula is C15H25F3O2. The Kier molecular flexibility index (Phi) is 5.73. The van der Waals surface area contributed by atoms with Crippen molar-refractivity contribution in [1.29, 1.82) is 0 Å². The van der Waals surface area contributed by atoms with Crippen molar-refractivity contribution in [1.82, 2.24) is 0 Å². The van der Waals surface area contributed by atoms with Gasteiger partial charge in [-0.15, -0.1) is 0 Å². The maximum atomic E-state index is 14.3. The third-order valence-corrected chi connectivity index (χ3v) is 4.90. The van der Waals surface area contributed by atoms with E-state index in [-0.39, 0.29) is 24.4 Å². The van der Waals surface area contributed by atoms with Gasteiger partial charge in [0.15, 0.2) is 6.17 Å². The second-order valence-corrected chi connectivity index (χ2v) is 5.99. The Balaban J connectivity index is 1.93. The van der Waals surface area contributed by atoms with Crippen molar-refractivity contribution < 1.29 is 22.6 Å². The van der Waals surface area contributed by atoms with Crippen LogP contribution in [-0.2, 0) is 9.47 Å². The zero-order valence-electron chi connectivity index (χ0n) is 12.2. The van der Waals surface area contributed by atoms with Crippen molar-refractivity contribution in [3.63, 3.8) is 0 Å². The molecule has 7 unspecified atom stereocenters. The molecule has 7 atom stereocenters. The van der Waals surface area contributed by atoms with E-state index in [0.717, 1.165) is 6.42 Å². The highest BCUT2D eigenvalue weighted by atomic mass is 19.2. The molecule has 20 heavy (non-hydrogen) atoms. The van der Waals surface area contributed by atoms with Gasteiger partial charge in [-0.3, -0.25) is 0 Å². The molecule has 0 bridgehead atoms. The van der Waals surface area contributed by atoms with Gasteiger partial charge in [0.2, 0.25) is 0 Å². The molecular weight excluding hydrogens is 269 g/mol. The van der Waals surface area contributed by atoms with E-state index in [1.807, 2.05) is 0 Å². The molecule has 2 nitrogen and oxygen atoms in total. The van der Waals surface area contributed by atoms with Crippen molar-refractivity contribution >= 4 is 0 Å². The summed E-state index contributed by atoms with van der Waals surface area (Å²) in [5.41, 5.74) is 0. The number of rotatable bonds is 4. The topological polar surface area (TPSA) is 18.5 Å². The van der Waals surface area contributed by atoms with Crippen LogP contribution in [0.4, 0.5) is 13.2 Å². The van der Waals surface area contributed by atoms with Gasteiger partial charge in [-0.2, -0.15) is 0 Å². The molecule has 0 radical (unpaired) electrons. The zero-order valence-corrected chi connectivity index (χ0v) is 12.2. The molecule has 0 saturated heterocycles. The highest BCUT2D eigenvalue weighted by molar-refractivity contribution is 4.94. The highest BCUT2D eigenvalue weighted by Crippen LogP contribution is 2.42. The van der Waals surface area contributed by atoms with Gasteiger partial charge in [0.25, 0.3) is 0 Å². The lowest BCUT2D eigenvalue weighted by molar-refractivity contribution is -0.0938. The molecule has 0 amide bonds. The number of methoxy groups -OCH3 is 1. The summed E-state index contributed by atoms with van der Waals surface area (Å²) in [7, 11) is 1.50. The van der Waals surface area contributed by atoms with Gasteiger partial charge in [0, 0.05) is 13.7 Å². The van der Waals surface area contributed by atoms with Gasteiger partial charge in [-0.05, 0) is 50.9 Å². The van der Waals surface area contributed by atoms with E-state index in [1.165, 1.54) is 7.11 Å². The van der Waals surface area contributed by atoms with E-state index in [0.29, 0.717) is 25.9 Å². The van der Waals surface area contributed by atoms with E-state index < -0.39 is 24.6 Å². The molecule has 0 aromatic heterocycles. The Morgan fingerprint density at radius 2 is 1.65 bits per heavy atom. The van der Waals surface area contributed by atoms with Crippen LogP contribution in [-0.4, -0.2) is 44.4 Å². The lowest BCUT2D eigenvalue weighted by Gasteiger charge is -2.41. The van der Waals surface area contributed by atoms with Crippen LogP contribution in [0.2, 0.25) is 0 Å². The molecule has 2 fully saturated rings. The number of hydrogen-bond donors (Lipinski definition) is 0. The van der Waals surface area contributed by atoms with Gasteiger partial charge in [0.05, 0.1) is 12.2 Å². The van der Waals surface area contributed by atoms with Crippen LogP contribution >= 0.6 is 0 Å². The van der Waals surface area contributed by atoms with Crippen LogP contribution < -0.4 is 0 Å². The molecule has 2 saturated carbocycles. The molecule has 2 aliphatic rings. The van der Waals surface area contributed by atoms with Gasteiger partial charge in [0.1, 0.15) is 12.3 Å². The summed E-state index contributed by atoms with van der Waals surface area (Å²) in [6.45, 7) is 2.18. The fraction of sp³-hybridized carbons (Fsp3) is 1.00. The predicted molar refractivity (Wildman–Crippen MR) is 71.0 cm³/mol. The van der Waals surface area contributed by atoms with Crippen molar-refractivity contribution in [3.05, 3.63) is 0 Å². The summed E-state index contributed by atoms with van der Waals surface area (Å²) in [5.74, 6) is -0.454. The van der Waals surface area contributed by atoms with E-state index in [1.54, 1.807) is 6.92 Å². The SMILES string of the molecule is CCOC1CCC(C2CCC(OC)C(F)C2)C(F)C1F. The van der Waals surface area contributed by atoms with Crippen LogP contribution in [0.1, 0.15) is 39.0 Å². The summed E-state index contributed by atoms with van der Waals surface area (Å²) < 4.78 is 52.6. The number of alkyl halides is 3. The van der Waals surface area contributed by atoms with Gasteiger partial charge < -0.3 is 9.47 Å². The quantitative estimate of drug-likeness (QED) is 0.788. The lowest BCUT2D eigenvalue weighted by atomic mass is 9.70. The Morgan fingerprint density at radius 1 is 0.950 bits per heavy atom. The lowest BCUT2D eigenvalue weighted by Crippen LogP contribution is -2.47. The second-order valence-electron chi connectivity index (χ2n) is 5.99. The van der Waals surface area contributed by atoms with Crippen molar-refractivity contribution in [2.75, 3.05) is 13.7 Å². The zero-order chi connectivity index (χ0) is 14.7. The van der Waals surface area contributed by atoms with Crippen LogP contribution in [0.25, 0.3) is 0 Å². The summed E-state index contributed by atoms with van der Waals surface area (Å²) >= 11 is 0. The normalized spacial score (nSPS) is 46.4. The first-order valence-electron chi connectivity index (χ1n) is 7.65. The van der Waals surface area contributed by atoms with Gasteiger partial charge >= 0.3 is 0 Å². The predicted octanol–water partition coefficient (Wildman–Crippen LogP) is 3.63. The molecule has 0 aromatic rings. The third kappa shape index (κ3) is 3.30. The second kappa shape index (κ2) is 7.12. The molecule has 2 rings (SSSR count). The summed E-state index contributed by atoms with van der Waals surface area (Å²) in [6, 6.07) is 0. The fourth-order valence-electron chi connectivity index (χ4n) is 3.77. The van der Waals surface area contributed by atoms with Crippen LogP contribution in [0.15, 0.2) is 0 Å². The smallest absolute Gasteiger partial charge is 0.157 e. The van der Waals surface area contributed by atoms with E-state index >= 15 is 0 Å². The van der Waals surface area contributed by atoms with E-state index in [2.05, 4.69) is 0 Å². The van der Waals surface area contributed by atoms with Crippen LogP contribution in [0.3, 0.4) is 0 Å². The molecule has 0 aromatic carbocycles. The molecule has 0 aliphatic heterocycles. The van der Waals surface area contributed by atoms with E-state index in [4.69, 9.17) is 9.47 Å². The standard InChI is InChI=1S/C15H25F3O2/c1-3-20-13-7-5-10(14(17)15(13)18)9-4-6-12(19-2)11(16)8-9/h9-15H,3-8H2,1-2H3. The Morgan fingerprint density at radius 3 is 2.25 bits per heavy atom. The van der Waals surface area contributed by atoms with Crippen molar-refractivity contribution in [3.8, 4) is 0 Å². The molecule has 118 valence electrons. The van der Waals surface area contributed by atoms with Gasteiger partial charge in [-0.25, -0.2) is 13.2 Å². The molecule has 2 aliphatic carbocycles. The first kappa shape index (κ1) is 16.1. The number of hydrogen-bond acceptors (Lipinski definition) is 2. The van der Waals surface area contributed by atoms with Crippen molar-refractivity contribution in [2.45, 2.75) is 69.8 Å².